The van der Waals surface area contributed by atoms with E-state index in [1.54, 1.807) is 4.90 Å². The van der Waals surface area contributed by atoms with Crippen LogP contribution in [-0.4, -0.2) is 25.2 Å². The zero-order chi connectivity index (χ0) is 14.7. The Kier molecular flexibility index (Phi) is 5.06. The molecule has 1 heterocycles. The molecule has 0 radical (unpaired) electrons. The van der Waals surface area contributed by atoms with Crippen LogP contribution in [0.3, 0.4) is 0 Å². The lowest BCUT2D eigenvalue weighted by Crippen LogP contribution is -2.43. The molecular formula is C16H22ClNO2. The molecule has 3 nitrogen and oxygen atoms in total. The van der Waals surface area contributed by atoms with Crippen molar-refractivity contribution in [2.24, 2.45) is 11.8 Å². The number of carbonyl (C=O) groups excluding carboxylic acids is 1. The van der Waals surface area contributed by atoms with Gasteiger partial charge in [0.2, 0.25) is 0 Å². The summed E-state index contributed by atoms with van der Waals surface area (Å²) in [5, 5.41) is 0.599. The van der Waals surface area contributed by atoms with Crippen LogP contribution in [0.1, 0.15) is 27.2 Å². The summed E-state index contributed by atoms with van der Waals surface area (Å²) in [6.45, 7) is 7.50. The molecule has 1 aromatic rings. The molecule has 4 heteroatoms. The molecule has 0 saturated carbocycles. The Morgan fingerprint density at radius 1 is 1.45 bits per heavy atom. The summed E-state index contributed by atoms with van der Waals surface area (Å²) in [4.78, 5) is 14.5. The third-order valence-corrected chi connectivity index (χ3v) is 4.28. The molecule has 1 aliphatic heterocycles. The van der Waals surface area contributed by atoms with E-state index >= 15 is 0 Å². The minimum atomic E-state index is -0.341. The van der Waals surface area contributed by atoms with Gasteiger partial charge in [0, 0.05) is 13.2 Å². The van der Waals surface area contributed by atoms with E-state index in [-0.39, 0.29) is 12.0 Å². The van der Waals surface area contributed by atoms with Crippen LogP contribution in [0, 0.1) is 11.8 Å². The second-order valence-corrected chi connectivity index (χ2v) is 5.93. The van der Waals surface area contributed by atoms with Gasteiger partial charge in [0.15, 0.2) is 0 Å². The van der Waals surface area contributed by atoms with Crippen molar-refractivity contribution in [3.63, 3.8) is 0 Å². The number of anilines is 1. The number of ether oxygens (including phenoxy) is 1. The first kappa shape index (κ1) is 15.3. The molecule has 0 aromatic heterocycles. The van der Waals surface area contributed by atoms with Gasteiger partial charge >= 0.3 is 0 Å². The van der Waals surface area contributed by atoms with Gasteiger partial charge in [-0.15, -0.1) is 0 Å². The van der Waals surface area contributed by atoms with Crippen LogP contribution in [0.4, 0.5) is 5.69 Å². The average Bonchev–Trinajstić information content (AvgIpc) is 2.91. The molecule has 1 aromatic carbocycles. The molecule has 2 rings (SSSR count). The monoisotopic (exact) mass is 295 g/mol. The molecule has 1 amide bonds. The third kappa shape index (κ3) is 2.99. The van der Waals surface area contributed by atoms with Gasteiger partial charge in [0.1, 0.15) is 6.10 Å². The number of likely N-dealkylation sites (N-methyl/N-ethyl adjacent to an activating group) is 1. The van der Waals surface area contributed by atoms with E-state index in [0.717, 1.165) is 12.1 Å². The Bertz CT molecular complexity index is 475. The van der Waals surface area contributed by atoms with Crippen LogP contribution in [0.25, 0.3) is 0 Å². The molecule has 20 heavy (non-hydrogen) atoms. The highest BCUT2D eigenvalue weighted by molar-refractivity contribution is 6.33. The molecule has 2 atom stereocenters. The second-order valence-electron chi connectivity index (χ2n) is 5.52. The molecule has 1 aliphatic rings. The number of hydrogen-bond acceptors (Lipinski definition) is 2. The van der Waals surface area contributed by atoms with Crippen molar-refractivity contribution in [2.75, 3.05) is 18.1 Å². The second kappa shape index (κ2) is 6.59. The Morgan fingerprint density at radius 3 is 2.75 bits per heavy atom. The summed E-state index contributed by atoms with van der Waals surface area (Å²) in [6, 6.07) is 7.45. The predicted octanol–water partition coefficient (Wildman–Crippen LogP) is 3.75. The lowest BCUT2D eigenvalue weighted by Gasteiger charge is -2.28. The highest BCUT2D eigenvalue weighted by Gasteiger charge is 2.38. The first-order chi connectivity index (χ1) is 9.56. The number of carbonyl (C=O) groups is 1. The van der Waals surface area contributed by atoms with Gasteiger partial charge in [-0.1, -0.05) is 37.6 Å². The van der Waals surface area contributed by atoms with Crippen molar-refractivity contribution < 1.29 is 9.53 Å². The highest BCUT2D eigenvalue weighted by atomic mass is 35.5. The van der Waals surface area contributed by atoms with Crippen LogP contribution in [0.2, 0.25) is 5.02 Å². The number of amides is 1. The highest BCUT2D eigenvalue weighted by Crippen LogP contribution is 2.32. The largest absolute Gasteiger partial charge is 0.368 e. The van der Waals surface area contributed by atoms with Crippen molar-refractivity contribution >= 4 is 23.2 Å². The van der Waals surface area contributed by atoms with Gasteiger partial charge in [-0.2, -0.15) is 0 Å². The van der Waals surface area contributed by atoms with Gasteiger partial charge < -0.3 is 9.64 Å². The van der Waals surface area contributed by atoms with E-state index in [2.05, 4.69) is 13.8 Å². The maximum atomic E-state index is 12.8. The fraction of sp³-hybridized carbons (Fsp3) is 0.562. The van der Waals surface area contributed by atoms with E-state index in [0.29, 0.717) is 30.0 Å². The molecule has 0 N–H and O–H groups in total. The maximum Gasteiger partial charge on any atom is 0.256 e. The minimum absolute atomic E-state index is 0.0248. The molecule has 0 bridgehead atoms. The Morgan fingerprint density at radius 2 is 2.15 bits per heavy atom. The van der Waals surface area contributed by atoms with Crippen LogP contribution in [0.5, 0.6) is 0 Å². The molecule has 1 fully saturated rings. The lowest BCUT2D eigenvalue weighted by atomic mass is 9.89. The van der Waals surface area contributed by atoms with Crippen LogP contribution < -0.4 is 4.90 Å². The topological polar surface area (TPSA) is 29.5 Å². The van der Waals surface area contributed by atoms with Crippen molar-refractivity contribution in [1.29, 1.82) is 0 Å². The number of nitrogens with zero attached hydrogens (tertiary/aromatic N) is 1. The molecule has 0 spiro atoms. The normalized spacial score (nSPS) is 22.2. The Balaban J connectivity index is 2.24. The average molecular weight is 296 g/mol. The molecular weight excluding hydrogens is 274 g/mol. The zero-order valence-corrected chi connectivity index (χ0v) is 13.1. The first-order valence-corrected chi connectivity index (χ1v) is 7.61. The predicted molar refractivity (Wildman–Crippen MR) is 82.2 cm³/mol. The number of halogens is 1. The van der Waals surface area contributed by atoms with Crippen molar-refractivity contribution in [3.05, 3.63) is 29.3 Å². The van der Waals surface area contributed by atoms with E-state index in [1.165, 1.54) is 0 Å². The maximum absolute atomic E-state index is 12.8. The lowest BCUT2D eigenvalue weighted by molar-refractivity contribution is -0.129. The summed E-state index contributed by atoms with van der Waals surface area (Å²) in [7, 11) is 0. The zero-order valence-electron chi connectivity index (χ0n) is 12.3. The molecule has 1 saturated heterocycles. The third-order valence-electron chi connectivity index (χ3n) is 3.96. The van der Waals surface area contributed by atoms with Crippen molar-refractivity contribution in [3.8, 4) is 0 Å². The quantitative estimate of drug-likeness (QED) is 0.846. The van der Waals surface area contributed by atoms with Crippen LogP contribution >= 0.6 is 11.6 Å². The summed E-state index contributed by atoms with van der Waals surface area (Å²) < 4.78 is 5.70. The fourth-order valence-corrected chi connectivity index (χ4v) is 3.05. The van der Waals surface area contributed by atoms with Crippen LogP contribution in [0.15, 0.2) is 24.3 Å². The van der Waals surface area contributed by atoms with E-state index in [9.17, 15) is 4.79 Å². The summed E-state index contributed by atoms with van der Waals surface area (Å²) >= 11 is 6.21. The minimum Gasteiger partial charge on any atom is -0.368 e. The summed E-state index contributed by atoms with van der Waals surface area (Å²) in [5.41, 5.74) is 0.764. The Hall–Kier alpha value is -1.06. The first-order valence-electron chi connectivity index (χ1n) is 7.23. The van der Waals surface area contributed by atoms with Gasteiger partial charge in [-0.3, -0.25) is 4.79 Å². The van der Waals surface area contributed by atoms with Gasteiger partial charge in [0.25, 0.3) is 5.91 Å². The SMILES string of the molecule is CCN(C(=O)[C@@H]1OCC[C@@H]1C(C)C)c1ccccc1Cl. The molecule has 0 unspecified atom stereocenters. The molecule has 0 aliphatic carbocycles. The summed E-state index contributed by atoms with van der Waals surface area (Å²) in [5.74, 6) is 0.757. The standard InChI is InChI=1S/C16H22ClNO2/c1-4-18(14-8-6-5-7-13(14)17)16(19)15-12(11(2)3)9-10-20-15/h5-8,11-12,15H,4,9-10H2,1-3H3/t12-,15-/m1/s1. The van der Waals surface area contributed by atoms with Gasteiger partial charge in [0.05, 0.1) is 10.7 Å². The number of rotatable bonds is 4. The molecule has 110 valence electrons. The van der Waals surface area contributed by atoms with Crippen molar-refractivity contribution in [2.45, 2.75) is 33.3 Å². The number of benzene rings is 1. The van der Waals surface area contributed by atoms with Crippen LogP contribution in [-0.2, 0) is 9.53 Å². The summed E-state index contributed by atoms with van der Waals surface area (Å²) in [6.07, 6.45) is 0.611. The Labute approximate surface area is 125 Å². The van der Waals surface area contributed by atoms with Crippen molar-refractivity contribution in [1.82, 2.24) is 0 Å². The van der Waals surface area contributed by atoms with E-state index in [1.807, 2.05) is 31.2 Å². The van der Waals surface area contributed by atoms with E-state index in [4.69, 9.17) is 16.3 Å². The smallest absolute Gasteiger partial charge is 0.256 e. The van der Waals surface area contributed by atoms with E-state index < -0.39 is 0 Å². The van der Waals surface area contributed by atoms with Gasteiger partial charge in [-0.25, -0.2) is 0 Å². The number of hydrogen-bond donors (Lipinski definition) is 0. The fourth-order valence-electron chi connectivity index (χ4n) is 2.81. The number of para-hydroxylation sites is 1. The van der Waals surface area contributed by atoms with Gasteiger partial charge in [-0.05, 0) is 37.3 Å².